The van der Waals surface area contributed by atoms with Gasteiger partial charge >= 0.3 is 71.6 Å². The standard InChI is InChI=1S/C32H50N4O12.C28H46N2O14/c1-3-27(37)43-21-23-45-29(39)5-9-33-13-17-35(18-14-33)11-7-31(41)47-25-26-48-32(42)8-12-36-19-15-34(16-20-36)10-6-30(40)46-24-22-44-28(38)4-2;1-3-23(33)39-17-19-41-25(35)5-9-29(13-15-31)11-7-27(37)43-21-22-44-28(38)8-12-30(14-16-32)10-6-26(36)42-20-18-40-24(34)4-2/h3-4H,1-2,5-26H2;3,31-32H,1,4-22H2,2H3. The summed E-state index contributed by atoms with van der Waals surface area (Å²) in [5.41, 5.74) is 0. The second-order valence-electron chi connectivity index (χ2n) is 19.9. The zero-order valence-corrected chi connectivity index (χ0v) is 53.2. The Balaban J connectivity index is 0.000000924. The van der Waals surface area contributed by atoms with E-state index in [1.165, 1.54) is 0 Å². The average molecular weight is 1320 g/mol. The minimum Gasteiger partial charge on any atom is -0.462 e. The van der Waals surface area contributed by atoms with Crippen LogP contribution in [0.2, 0.25) is 0 Å². The van der Waals surface area contributed by atoms with Gasteiger partial charge in [-0.3, -0.25) is 53.0 Å². The number of ether oxygens (including phenoxy) is 12. The molecule has 0 atom stereocenters. The second-order valence-corrected chi connectivity index (χ2v) is 19.9. The third-order valence-electron chi connectivity index (χ3n) is 13.2. The molecule has 2 aliphatic rings. The summed E-state index contributed by atoms with van der Waals surface area (Å²) in [5.74, 6) is -5.69. The third-order valence-corrected chi connectivity index (χ3v) is 13.2. The highest BCUT2D eigenvalue weighted by Crippen LogP contribution is 2.08. The number of hydrogen-bond donors (Lipinski definition) is 2. The van der Waals surface area contributed by atoms with Crippen LogP contribution in [0, 0.1) is 0 Å². The van der Waals surface area contributed by atoms with Gasteiger partial charge in [0.15, 0.2) is 0 Å². The smallest absolute Gasteiger partial charge is 0.330 e. The van der Waals surface area contributed by atoms with Gasteiger partial charge in [-0.2, -0.15) is 0 Å². The molecular weight excluding hydrogens is 1220 g/mol. The van der Waals surface area contributed by atoms with E-state index in [1.54, 1.807) is 16.7 Å². The van der Waals surface area contributed by atoms with Crippen LogP contribution in [0.25, 0.3) is 0 Å². The highest BCUT2D eigenvalue weighted by atomic mass is 16.6. The van der Waals surface area contributed by atoms with Gasteiger partial charge in [-0.1, -0.05) is 26.7 Å². The van der Waals surface area contributed by atoms with Gasteiger partial charge in [0.2, 0.25) is 0 Å². The zero-order chi connectivity index (χ0) is 68.0. The normalized spacial score (nSPS) is 13.4. The third kappa shape index (κ3) is 46.6. The van der Waals surface area contributed by atoms with Gasteiger partial charge in [0, 0.05) is 142 Å². The lowest BCUT2D eigenvalue weighted by Crippen LogP contribution is -2.47. The molecule has 0 unspecified atom stereocenters. The van der Waals surface area contributed by atoms with Crippen molar-refractivity contribution in [3.05, 3.63) is 38.0 Å². The first kappa shape index (κ1) is 82.6. The van der Waals surface area contributed by atoms with Gasteiger partial charge in [0.1, 0.15) is 79.3 Å². The number of rotatable bonds is 50. The van der Waals surface area contributed by atoms with E-state index in [9.17, 15) is 67.7 Å². The quantitative estimate of drug-likeness (QED) is 0.0300. The molecule has 32 nitrogen and oxygen atoms in total. The minimum atomic E-state index is -0.624. The minimum absolute atomic E-state index is 0.00204. The van der Waals surface area contributed by atoms with Crippen molar-refractivity contribution in [1.29, 1.82) is 0 Å². The van der Waals surface area contributed by atoms with Crippen LogP contribution in [0.15, 0.2) is 38.0 Å². The number of esters is 12. The highest BCUT2D eigenvalue weighted by Gasteiger charge is 2.22. The predicted octanol–water partition coefficient (Wildman–Crippen LogP) is -1.60. The van der Waals surface area contributed by atoms with E-state index in [-0.39, 0.29) is 219 Å². The second kappa shape index (κ2) is 54.1. The molecule has 0 aromatic heterocycles. The first-order chi connectivity index (χ1) is 44.3. The summed E-state index contributed by atoms with van der Waals surface area (Å²) in [5, 5.41) is 18.5. The number of aliphatic hydroxyl groups is 2. The molecule has 522 valence electrons. The lowest BCUT2D eigenvalue weighted by atomic mass is 10.2. The van der Waals surface area contributed by atoms with Crippen molar-refractivity contribution in [2.24, 2.45) is 0 Å². The molecule has 0 aromatic carbocycles. The number of nitrogens with zero attached hydrogens (tertiary/aromatic N) is 6. The van der Waals surface area contributed by atoms with Crippen molar-refractivity contribution in [2.45, 2.75) is 64.7 Å². The lowest BCUT2D eigenvalue weighted by Gasteiger charge is -2.34. The Hall–Kier alpha value is -7.46. The number of hydrogen-bond acceptors (Lipinski definition) is 32. The van der Waals surface area contributed by atoms with Crippen molar-refractivity contribution in [2.75, 3.05) is 210 Å². The van der Waals surface area contributed by atoms with Crippen LogP contribution in [0.3, 0.4) is 0 Å². The molecule has 2 heterocycles. The van der Waals surface area contributed by atoms with E-state index < -0.39 is 41.8 Å². The summed E-state index contributed by atoms with van der Waals surface area (Å²) in [6.45, 7) is 20.2. The van der Waals surface area contributed by atoms with Gasteiger partial charge in [-0.25, -0.2) is 14.4 Å². The van der Waals surface area contributed by atoms with E-state index in [4.69, 9.17) is 56.8 Å². The Bertz CT molecular complexity index is 2160. The van der Waals surface area contributed by atoms with Gasteiger partial charge < -0.3 is 86.7 Å². The Morgan fingerprint density at radius 1 is 0.304 bits per heavy atom. The number of aliphatic hydroxyl groups excluding tert-OH is 2. The summed E-state index contributed by atoms with van der Waals surface area (Å²) in [4.78, 5) is 152. The summed E-state index contributed by atoms with van der Waals surface area (Å²) in [7, 11) is 0. The monoisotopic (exact) mass is 1320 g/mol. The molecule has 0 spiro atoms. The zero-order valence-electron chi connectivity index (χ0n) is 53.2. The Morgan fingerprint density at radius 3 is 0.674 bits per heavy atom. The van der Waals surface area contributed by atoms with Crippen LogP contribution in [0.1, 0.15) is 64.7 Å². The van der Waals surface area contributed by atoms with E-state index in [0.717, 1.165) is 70.6 Å². The first-order valence-electron chi connectivity index (χ1n) is 30.7. The lowest BCUT2D eigenvalue weighted by molar-refractivity contribution is -0.153. The van der Waals surface area contributed by atoms with Crippen molar-refractivity contribution in [1.82, 2.24) is 29.4 Å². The van der Waals surface area contributed by atoms with Crippen LogP contribution in [-0.2, 0) is 114 Å². The SMILES string of the molecule is C=CC(=O)OCCOC(=O)CCN(CCO)CCC(=O)OCCOC(=O)CCN(CCO)CCC(=O)OCCOC(=O)CC.C=CC(=O)OCCOC(=O)CCN1CCN(CCC(=O)OCCOC(=O)CCN2CCN(CCC(=O)OCCOC(=O)C=C)CC2)CC1. The van der Waals surface area contributed by atoms with E-state index in [2.05, 4.69) is 39.3 Å². The summed E-state index contributed by atoms with van der Waals surface area (Å²) in [6.07, 6.45) is 4.24. The molecule has 2 aliphatic heterocycles. The maximum atomic E-state index is 12.1. The summed E-state index contributed by atoms with van der Waals surface area (Å²) in [6, 6.07) is 0. The molecule has 32 heteroatoms. The van der Waals surface area contributed by atoms with Crippen molar-refractivity contribution in [3.63, 3.8) is 0 Å². The number of piperazine rings is 2. The summed E-state index contributed by atoms with van der Waals surface area (Å²) < 4.78 is 59.6. The average Bonchev–Trinajstić information content (AvgIpc) is 3.41. The van der Waals surface area contributed by atoms with Gasteiger partial charge in [-0.05, 0) is 0 Å². The van der Waals surface area contributed by atoms with Gasteiger partial charge in [0.25, 0.3) is 0 Å². The van der Waals surface area contributed by atoms with E-state index in [1.807, 2.05) is 0 Å². The van der Waals surface area contributed by atoms with Crippen LogP contribution in [-0.4, -0.2) is 322 Å². The molecule has 0 aromatic rings. The van der Waals surface area contributed by atoms with Crippen molar-refractivity contribution < 1.29 is 125 Å². The molecule has 2 saturated heterocycles. The van der Waals surface area contributed by atoms with Crippen molar-refractivity contribution in [3.8, 4) is 0 Å². The largest absolute Gasteiger partial charge is 0.462 e. The molecule has 2 fully saturated rings. The molecule has 2 rings (SSSR count). The molecule has 0 bridgehead atoms. The Labute approximate surface area is 537 Å². The van der Waals surface area contributed by atoms with E-state index >= 15 is 0 Å². The molecule has 0 amide bonds. The predicted molar refractivity (Wildman–Crippen MR) is 322 cm³/mol. The molecule has 92 heavy (non-hydrogen) atoms. The topological polar surface area (TPSA) is 376 Å². The van der Waals surface area contributed by atoms with Crippen molar-refractivity contribution >= 4 is 71.6 Å². The number of carbonyl (C=O) groups excluding carboxylic acids is 12. The Kier molecular flexibility index (Phi) is 48.6. The van der Waals surface area contributed by atoms with Gasteiger partial charge in [-0.15, -0.1) is 0 Å². The molecule has 0 saturated carbocycles. The molecule has 0 radical (unpaired) electrons. The van der Waals surface area contributed by atoms with E-state index in [0.29, 0.717) is 26.2 Å². The molecule has 2 N–H and O–H groups in total. The fourth-order valence-electron chi connectivity index (χ4n) is 8.10. The fraction of sp³-hybridized carbons (Fsp3) is 0.700. The van der Waals surface area contributed by atoms with Crippen LogP contribution < -0.4 is 0 Å². The summed E-state index contributed by atoms with van der Waals surface area (Å²) >= 11 is 0. The van der Waals surface area contributed by atoms with Crippen LogP contribution in [0.4, 0.5) is 0 Å². The molecule has 0 aliphatic carbocycles. The van der Waals surface area contributed by atoms with Gasteiger partial charge in [0.05, 0.1) is 64.6 Å². The number of carbonyl (C=O) groups is 12. The maximum absolute atomic E-state index is 12.1. The highest BCUT2D eigenvalue weighted by molar-refractivity contribution is 5.82. The Morgan fingerprint density at radius 2 is 0.489 bits per heavy atom. The fourth-order valence-corrected chi connectivity index (χ4v) is 8.10. The maximum Gasteiger partial charge on any atom is 0.330 e. The van der Waals surface area contributed by atoms with Crippen LogP contribution in [0.5, 0.6) is 0 Å². The first-order valence-corrected chi connectivity index (χ1v) is 30.7. The van der Waals surface area contributed by atoms with Crippen LogP contribution >= 0.6 is 0 Å². The molecular formula is C60H96N6O26.